The minimum atomic E-state index is -4.57. The summed E-state index contributed by atoms with van der Waals surface area (Å²) in [5.41, 5.74) is 0.385. The summed E-state index contributed by atoms with van der Waals surface area (Å²) in [4.78, 5) is 23.4. The van der Waals surface area contributed by atoms with Crippen molar-refractivity contribution in [1.82, 2.24) is 9.78 Å². The first-order valence-electron chi connectivity index (χ1n) is 10.00. The predicted molar refractivity (Wildman–Crippen MR) is 122 cm³/mol. The van der Waals surface area contributed by atoms with Gasteiger partial charge in [0.2, 0.25) is 5.91 Å². The van der Waals surface area contributed by atoms with Gasteiger partial charge >= 0.3 is 6.18 Å². The second kappa shape index (κ2) is 9.84. The van der Waals surface area contributed by atoms with Crippen LogP contribution in [0.3, 0.4) is 0 Å². The molecule has 0 aliphatic rings. The van der Waals surface area contributed by atoms with Crippen LogP contribution in [0.4, 0.5) is 24.5 Å². The molecule has 12 heteroatoms. The largest absolute Gasteiger partial charge is 0.457 e. The molecule has 0 fully saturated rings. The Morgan fingerprint density at radius 2 is 1.94 bits per heavy atom. The molecule has 1 heterocycles. The molecule has 3 rings (SSSR count). The predicted octanol–water partition coefficient (Wildman–Crippen LogP) is 6.26. The van der Waals surface area contributed by atoms with Gasteiger partial charge in [-0.05, 0) is 48.0 Å². The van der Waals surface area contributed by atoms with Crippen molar-refractivity contribution < 1.29 is 27.6 Å². The fourth-order valence-electron chi connectivity index (χ4n) is 3.15. The monoisotopic (exact) mass is 540 g/mol. The quantitative estimate of drug-likeness (QED) is 0.281. The second-order valence-corrected chi connectivity index (χ2v) is 8.45. The van der Waals surface area contributed by atoms with Crippen LogP contribution in [0.25, 0.3) is 0 Å². The SMILES string of the molecule is Cc1nn(CC(C)C(=O)Nc2cc(Oc3cccc(C(F)(F)F)c3)cc([N+](=O)[O-])c2)c(C)c1Br. The number of hydrogen-bond acceptors (Lipinski definition) is 5. The number of ether oxygens (including phenoxy) is 1. The van der Waals surface area contributed by atoms with Crippen LogP contribution in [0.15, 0.2) is 46.9 Å². The van der Waals surface area contributed by atoms with Crippen LogP contribution in [-0.2, 0) is 17.5 Å². The van der Waals surface area contributed by atoms with E-state index in [-0.39, 0.29) is 23.7 Å². The number of nitro groups is 1. The third-order valence-corrected chi connectivity index (χ3v) is 6.10. The second-order valence-electron chi connectivity index (χ2n) is 7.66. The van der Waals surface area contributed by atoms with Gasteiger partial charge in [-0.3, -0.25) is 19.6 Å². The van der Waals surface area contributed by atoms with Crippen molar-refractivity contribution in [2.45, 2.75) is 33.5 Å². The Bertz CT molecular complexity index is 1240. The molecular weight excluding hydrogens is 521 g/mol. The van der Waals surface area contributed by atoms with Gasteiger partial charge < -0.3 is 10.1 Å². The number of hydrogen-bond donors (Lipinski definition) is 1. The minimum Gasteiger partial charge on any atom is -0.457 e. The number of nitrogens with one attached hydrogen (secondary N) is 1. The van der Waals surface area contributed by atoms with E-state index in [4.69, 9.17) is 4.74 Å². The number of nitrogens with zero attached hydrogens (tertiary/aromatic N) is 3. The number of non-ortho nitro benzene ring substituents is 1. The Morgan fingerprint density at radius 1 is 1.24 bits per heavy atom. The third kappa shape index (κ3) is 5.93. The van der Waals surface area contributed by atoms with E-state index in [2.05, 4.69) is 26.3 Å². The number of aryl methyl sites for hydroxylation is 1. The van der Waals surface area contributed by atoms with Gasteiger partial charge in [-0.2, -0.15) is 18.3 Å². The Morgan fingerprint density at radius 3 is 2.53 bits per heavy atom. The average molecular weight is 541 g/mol. The topological polar surface area (TPSA) is 99.3 Å². The van der Waals surface area contributed by atoms with E-state index >= 15 is 0 Å². The van der Waals surface area contributed by atoms with Crippen LogP contribution in [-0.4, -0.2) is 20.6 Å². The van der Waals surface area contributed by atoms with E-state index in [9.17, 15) is 28.1 Å². The number of carbonyl (C=O) groups is 1. The number of alkyl halides is 3. The zero-order valence-corrected chi connectivity index (χ0v) is 19.9. The van der Waals surface area contributed by atoms with Crippen molar-refractivity contribution in [3.05, 3.63) is 74.0 Å². The number of benzene rings is 2. The fourth-order valence-corrected chi connectivity index (χ4v) is 3.44. The molecule has 1 amide bonds. The summed E-state index contributed by atoms with van der Waals surface area (Å²) in [6.45, 7) is 5.63. The van der Waals surface area contributed by atoms with Crippen molar-refractivity contribution in [2.75, 3.05) is 5.32 Å². The van der Waals surface area contributed by atoms with Crippen molar-refractivity contribution in [3.63, 3.8) is 0 Å². The van der Waals surface area contributed by atoms with Gasteiger partial charge in [-0.25, -0.2) is 0 Å². The first kappa shape index (κ1) is 25.2. The van der Waals surface area contributed by atoms with Crippen LogP contribution in [0.5, 0.6) is 11.5 Å². The van der Waals surface area contributed by atoms with Gasteiger partial charge in [0.05, 0.1) is 44.9 Å². The zero-order valence-electron chi connectivity index (χ0n) is 18.3. The highest BCUT2D eigenvalue weighted by atomic mass is 79.9. The highest BCUT2D eigenvalue weighted by molar-refractivity contribution is 9.10. The number of nitro benzene ring substituents is 1. The molecule has 1 N–H and O–H groups in total. The molecule has 3 aromatic rings. The first-order valence-corrected chi connectivity index (χ1v) is 10.8. The Labute approximate surface area is 201 Å². The van der Waals surface area contributed by atoms with Crippen LogP contribution < -0.4 is 10.1 Å². The molecule has 0 radical (unpaired) electrons. The maximum Gasteiger partial charge on any atom is 0.416 e. The summed E-state index contributed by atoms with van der Waals surface area (Å²) < 4.78 is 46.9. The van der Waals surface area contributed by atoms with E-state index in [1.165, 1.54) is 12.1 Å². The van der Waals surface area contributed by atoms with Crippen molar-refractivity contribution >= 4 is 33.2 Å². The first-order chi connectivity index (χ1) is 15.8. The van der Waals surface area contributed by atoms with E-state index in [1.54, 1.807) is 11.6 Å². The Balaban J connectivity index is 1.81. The van der Waals surface area contributed by atoms with Crippen molar-refractivity contribution in [1.29, 1.82) is 0 Å². The molecule has 2 aromatic carbocycles. The van der Waals surface area contributed by atoms with Crippen molar-refractivity contribution in [2.24, 2.45) is 5.92 Å². The molecule has 0 bridgehead atoms. The molecule has 0 saturated carbocycles. The summed E-state index contributed by atoms with van der Waals surface area (Å²) >= 11 is 3.43. The van der Waals surface area contributed by atoms with E-state index < -0.39 is 34.2 Å². The van der Waals surface area contributed by atoms with Gasteiger partial charge in [-0.1, -0.05) is 13.0 Å². The maximum atomic E-state index is 13.0. The van der Waals surface area contributed by atoms with Gasteiger partial charge in [0.1, 0.15) is 11.5 Å². The maximum absolute atomic E-state index is 13.0. The molecule has 0 aliphatic carbocycles. The summed E-state index contributed by atoms with van der Waals surface area (Å²) in [5, 5.41) is 18.3. The van der Waals surface area contributed by atoms with E-state index in [1.807, 2.05) is 13.8 Å². The molecule has 0 spiro atoms. The lowest BCUT2D eigenvalue weighted by Crippen LogP contribution is -2.25. The van der Waals surface area contributed by atoms with Crippen LogP contribution in [0.1, 0.15) is 23.9 Å². The van der Waals surface area contributed by atoms with Gasteiger partial charge in [0.25, 0.3) is 5.69 Å². The molecule has 180 valence electrons. The molecule has 1 atom stereocenters. The molecule has 0 saturated heterocycles. The molecular formula is C22H20BrF3N4O4. The lowest BCUT2D eigenvalue weighted by atomic mass is 10.1. The summed E-state index contributed by atoms with van der Waals surface area (Å²) in [6, 6.07) is 7.63. The fraction of sp³-hybridized carbons (Fsp3) is 0.273. The van der Waals surface area contributed by atoms with Crippen LogP contribution in [0.2, 0.25) is 0 Å². The number of anilines is 1. The Hall–Kier alpha value is -3.41. The lowest BCUT2D eigenvalue weighted by molar-refractivity contribution is -0.384. The van der Waals surface area contributed by atoms with Gasteiger partial charge in [0.15, 0.2) is 0 Å². The number of amides is 1. The zero-order chi connectivity index (χ0) is 25.2. The standard InChI is InChI=1S/C22H20BrF3N4O4/c1-12(11-29-14(3)20(23)13(2)28-29)21(31)27-16-8-17(30(32)33)10-19(9-16)34-18-6-4-5-15(7-18)22(24,25)26/h4-10,12H,11H2,1-3H3,(H,27,31). The number of rotatable bonds is 7. The van der Waals surface area contributed by atoms with Crippen LogP contribution in [0, 0.1) is 29.9 Å². The summed E-state index contributed by atoms with van der Waals surface area (Å²) in [7, 11) is 0. The lowest BCUT2D eigenvalue weighted by Gasteiger charge is -2.15. The molecule has 1 unspecified atom stereocenters. The van der Waals surface area contributed by atoms with Gasteiger partial charge in [0, 0.05) is 17.8 Å². The molecule has 34 heavy (non-hydrogen) atoms. The molecule has 8 nitrogen and oxygen atoms in total. The summed E-state index contributed by atoms with van der Waals surface area (Å²) in [6.07, 6.45) is -4.57. The number of halogens is 4. The van der Waals surface area contributed by atoms with E-state index in [0.717, 1.165) is 46.2 Å². The highest BCUT2D eigenvalue weighted by Crippen LogP contribution is 2.34. The summed E-state index contributed by atoms with van der Waals surface area (Å²) in [5.74, 6) is -1.22. The normalized spacial score (nSPS) is 12.3. The smallest absolute Gasteiger partial charge is 0.416 e. The third-order valence-electron chi connectivity index (χ3n) is 4.95. The van der Waals surface area contributed by atoms with Crippen molar-refractivity contribution in [3.8, 4) is 11.5 Å². The van der Waals surface area contributed by atoms with E-state index in [0.29, 0.717) is 0 Å². The average Bonchev–Trinajstić information content (AvgIpc) is 2.99. The molecule has 0 aliphatic heterocycles. The van der Waals surface area contributed by atoms with Crippen LogP contribution >= 0.6 is 15.9 Å². The number of aromatic nitrogens is 2. The Kier molecular flexibility index (Phi) is 7.29. The minimum absolute atomic E-state index is 0.0718. The highest BCUT2D eigenvalue weighted by Gasteiger charge is 2.30. The molecule has 1 aromatic heterocycles. The van der Waals surface area contributed by atoms with Gasteiger partial charge in [-0.15, -0.1) is 0 Å². The number of carbonyl (C=O) groups excluding carboxylic acids is 1.